The monoisotopic (exact) mass is 433 g/mol. The number of para-hydroxylation sites is 1. The summed E-state index contributed by atoms with van der Waals surface area (Å²) < 4.78 is 8.72. The van der Waals surface area contributed by atoms with E-state index in [0.29, 0.717) is 0 Å². The molecule has 6 nitrogen and oxygen atoms in total. The minimum Gasteiger partial charge on any atom is -0.457 e. The maximum Gasteiger partial charge on any atom is 0.208 e. The third-order valence-corrected chi connectivity index (χ3v) is 5.01. The average Bonchev–Trinajstić information content (AvgIpc) is 3.23. The van der Waals surface area contributed by atoms with Gasteiger partial charge in [-0.15, -0.1) is 0 Å². The van der Waals surface area contributed by atoms with Crippen LogP contribution in [-0.4, -0.2) is 19.5 Å². The Balaban J connectivity index is 1.49. The van der Waals surface area contributed by atoms with Gasteiger partial charge in [0, 0.05) is 19.3 Å². The van der Waals surface area contributed by atoms with E-state index >= 15 is 0 Å². The lowest BCUT2D eigenvalue weighted by Gasteiger charge is -2.05. The van der Waals surface area contributed by atoms with Crippen molar-refractivity contribution < 1.29 is 4.74 Å². The van der Waals surface area contributed by atoms with Gasteiger partial charge in [0.05, 0.1) is 22.2 Å². The van der Waals surface area contributed by atoms with Gasteiger partial charge in [0.25, 0.3) is 0 Å². The lowest BCUT2D eigenvalue weighted by atomic mass is 10.3. The topological polar surface area (TPSA) is 67.8 Å². The van der Waals surface area contributed by atoms with Crippen LogP contribution in [0, 0.1) is 0 Å². The van der Waals surface area contributed by atoms with Crippen LogP contribution < -0.4 is 10.1 Å². The van der Waals surface area contributed by atoms with Gasteiger partial charge in [0.15, 0.2) is 0 Å². The molecule has 0 amide bonds. The van der Waals surface area contributed by atoms with Gasteiger partial charge in [-0.05, 0) is 52.3 Å². The lowest BCUT2D eigenvalue weighted by Crippen LogP contribution is -1.98. The number of rotatable bonds is 4. The van der Waals surface area contributed by atoms with Gasteiger partial charge in [0.1, 0.15) is 21.6 Å². The number of pyridine rings is 1. The molecule has 5 rings (SSSR count). The quantitative estimate of drug-likeness (QED) is 0.354. The molecule has 0 spiro atoms. The van der Waals surface area contributed by atoms with Crippen LogP contribution >= 0.6 is 15.9 Å². The summed E-state index contributed by atoms with van der Waals surface area (Å²) in [6.07, 6.45) is 1.90. The molecule has 3 heterocycles. The number of anilines is 2. The fraction of sp³-hybridized carbons (Fsp3) is 0.0476. The number of H-pyrrole nitrogens is 1. The number of aryl methyl sites for hydroxylation is 1. The van der Waals surface area contributed by atoms with E-state index in [1.165, 1.54) is 0 Å². The molecule has 2 N–H and O–H groups in total. The first kappa shape index (κ1) is 16.8. The number of imidazole rings is 1. The number of halogens is 1. The Labute approximate surface area is 169 Å². The van der Waals surface area contributed by atoms with Gasteiger partial charge in [-0.25, -0.2) is 9.97 Å². The van der Waals surface area contributed by atoms with Gasteiger partial charge < -0.3 is 19.6 Å². The SMILES string of the molecule is Cn1c(Nc2c[nH]c3ccc(Br)nc23)nc2cc(Oc3ccccc3)ccc21. The van der Waals surface area contributed by atoms with E-state index in [2.05, 4.69) is 31.2 Å². The molecule has 0 unspecified atom stereocenters. The molecule has 0 saturated carbocycles. The van der Waals surface area contributed by atoms with E-state index in [1.807, 2.05) is 78.5 Å². The maximum atomic E-state index is 5.92. The zero-order valence-electron chi connectivity index (χ0n) is 15.0. The van der Waals surface area contributed by atoms with Crippen molar-refractivity contribution in [3.8, 4) is 11.5 Å². The van der Waals surface area contributed by atoms with Crippen molar-refractivity contribution in [3.05, 3.63) is 71.5 Å². The molecule has 0 bridgehead atoms. The Morgan fingerprint density at radius 3 is 2.71 bits per heavy atom. The summed E-state index contributed by atoms with van der Waals surface area (Å²) in [5.74, 6) is 2.28. The summed E-state index contributed by atoms with van der Waals surface area (Å²) in [5, 5.41) is 3.38. The molecule has 2 aromatic carbocycles. The number of hydrogen-bond acceptors (Lipinski definition) is 4. The highest BCUT2D eigenvalue weighted by Gasteiger charge is 2.12. The van der Waals surface area contributed by atoms with E-state index < -0.39 is 0 Å². The Hall–Kier alpha value is -3.32. The molecule has 0 aliphatic carbocycles. The highest BCUT2D eigenvalue weighted by Crippen LogP contribution is 2.30. The van der Waals surface area contributed by atoms with Crippen LogP contribution in [0.5, 0.6) is 11.5 Å². The Morgan fingerprint density at radius 1 is 1.00 bits per heavy atom. The largest absolute Gasteiger partial charge is 0.457 e. The molecule has 28 heavy (non-hydrogen) atoms. The summed E-state index contributed by atoms with van der Waals surface area (Å²) in [5.41, 5.74) is 4.55. The second-order valence-corrected chi connectivity index (χ2v) is 7.23. The van der Waals surface area contributed by atoms with Gasteiger partial charge in [-0.2, -0.15) is 0 Å². The molecule has 0 saturated heterocycles. The van der Waals surface area contributed by atoms with Crippen LogP contribution in [0.4, 0.5) is 11.6 Å². The number of ether oxygens (including phenoxy) is 1. The second kappa shape index (κ2) is 6.69. The number of aromatic amines is 1. The molecule has 138 valence electrons. The average molecular weight is 434 g/mol. The first-order valence-electron chi connectivity index (χ1n) is 8.77. The van der Waals surface area contributed by atoms with Gasteiger partial charge in [-0.1, -0.05) is 18.2 Å². The standard InChI is InChI=1S/C21H16BrN5O/c1-27-18-9-7-14(28-13-5-3-2-4-6-13)11-16(18)24-21(27)25-17-12-23-15-8-10-19(22)26-20(15)17/h2-12,23H,1H3,(H,24,25). The third kappa shape index (κ3) is 2.99. The Kier molecular flexibility index (Phi) is 4.02. The molecule has 0 fully saturated rings. The Bertz CT molecular complexity index is 1290. The molecular formula is C21H16BrN5O. The van der Waals surface area contributed by atoms with Crippen molar-refractivity contribution in [2.24, 2.45) is 7.05 Å². The number of nitrogens with zero attached hydrogens (tertiary/aromatic N) is 3. The summed E-state index contributed by atoms with van der Waals surface area (Å²) in [6.45, 7) is 0. The van der Waals surface area contributed by atoms with Crippen molar-refractivity contribution in [2.75, 3.05) is 5.32 Å². The minimum atomic E-state index is 0.731. The molecule has 0 radical (unpaired) electrons. The van der Waals surface area contributed by atoms with Crippen LogP contribution in [0.25, 0.3) is 22.1 Å². The van der Waals surface area contributed by atoms with Crippen molar-refractivity contribution >= 4 is 49.6 Å². The van der Waals surface area contributed by atoms with Crippen LogP contribution in [-0.2, 0) is 7.05 Å². The van der Waals surface area contributed by atoms with E-state index in [-0.39, 0.29) is 0 Å². The van der Waals surface area contributed by atoms with E-state index in [1.54, 1.807) is 0 Å². The third-order valence-electron chi connectivity index (χ3n) is 4.57. The van der Waals surface area contributed by atoms with Gasteiger partial charge in [-0.3, -0.25) is 0 Å². The van der Waals surface area contributed by atoms with Crippen LogP contribution in [0.3, 0.4) is 0 Å². The van der Waals surface area contributed by atoms with Crippen molar-refractivity contribution in [1.82, 2.24) is 19.5 Å². The van der Waals surface area contributed by atoms with Gasteiger partial charge >= 0.3 is 0 Å². The highest BCUT2D eigenvalue weighted by molar-refractivity contribution is 9.10. The number of fused-ring (bicyclic) bond motifs is 2. The molecule has 0 atom stereocenters. The van der Waals surface area contributed by atoms with Crippen LogP contribution in [0.2, 0.25) is 0 Å². The summed E-state index contributed by atoms with van der Waals surface area (Å²) in [4.78, 5) is 12.5. The zero-order valence-corrected chi connectivity index (χ0v) is 16.6. The fourth-order valence-electron chi connectivity index (χ4n) is 3.17. The van der Waals surface area contributed by atoms with Gasteiger partial charge in [0.2, 0.25) is 5.95 Å². The predicted octanol–water partition coefficient (Wildman–Crippen LogP) is 5.75. The van der Waals surface area contributed by atoms with Crippen LogP contribution in [0.15, 0.2) is 71.5 Å². The molecule has 0 aliphatic heterocycles. The van der Waals surface area contributed by atoms with Crippen molar-refractivity contribution in [2.45, 2.75) is 0 Å². The Morgan fingerprint density at radius 2 is 1.86 bits per heavy atom. The highest BCUT2D eigenvalue weighted by atomic mass is 79.9. The summed E-state index contributed by atoms with van der Waals surface area (Å²) in [7, 11) is 1.98. The number of benzene rings is 2. The predicted molar refractivity (Wildman–Crippen MR) is 114 cm³/mol. The second-order valence-electron chi connectivity index (χ2n) is 6.42. The summed E-state index contributed by atoms with van der Waals surface area (Å²) in [6, 6.07) is 19.5. The lowest BCUT2D eigenvalue weighted by molar-refractivity contribution is 0.483. The van der Waals surface area contributed by atoms with Crippen molar-refractivity contribution in [3.63, 3.8) is 0 Å². The smallest absolute Gasteiger partial charge is 0.208 e. The number of aromatic nitrogens is 4. The van der Waals surface area contributed by atoms with E-state index in [0.717, 1.165) is 49.8 Å². The molecular weight excluding hydrogens is 418 g/mol. The van der Waals surface area contributed by atoms with Crippen LogP contribution in [0.1, 0.15) is 0 Å². The normalized spacial score (nSPS) is 11.2. The molecule has 0 aliphatic rings. The van der Waals surface area contributed by atoms with Crippen molar-refractivity contribution in [1.29, 1.82) is 0 Å². The molecule has 3 aromatic heterocycles. The number of hydrogen-bond donors (Lipinski definition) is 2. The molecule has 5 aromatic rings. The fourth-order valence-corrected chi connectivity index (χ4v) is 3.48. The number of nitrogens with one attached hydrogen (secondary N) is 2. The zero-order chi connectivity index (χ0) is 19.1. The first-order valence-corrected chi connectivity index (χ1v) is 9.57. The molecule has 7 heteroatoms. The summed E-state index contributed by atoms with van der Waals surface area (Å²) >= 11 is 3.43. The maximum absolute atomic E-state index is 5.92. The minimum absolute atomic E-state index is 0.731. The van der Waals surface area contributed by atoms with E-state index in [9.17, 15) is 0 Å². The van der Waals surface area contributed by atoms with E-state index in [4.69, 9.17) is 9.72 Å². The first-order chi connectivity index (χ1) is 13.7.